The van der Waals surface area contributed by atoms with Gasteiger partial charge in [-0.3, -0.25) is 4.99 Å². The molecule has 2 heterocycles. The maximum atomic E-state index is 6.02. The molecule has 2 aromatic rings. The van der Waals surface area contributed by atoms with Crippen LogP contribution in [-0.2, 0) is 0 Å². The third-order valence-electron chi connectivity index (χ3n) is 5.03. The van der Waals surface area contributed by atoms with Crippen LogP contribution >= 0.6 is 0 Å². The van der Waals surface area contributed by atoms with Gasteiger partial charge in [0.1, 0.15) is 12.7 Å². The molecule has 0 saturated carbocycles. The summed E-state index contributed by atoms with van der Waals surface area (Å²) >= 11 is 0. The predicted octanol–water partition coefficient (Wildman–Crippen LogP) is 2.89. The minimum atomic E-state index is -0.0193. The molecule has 2 atom stereocenters. The van der Waals surface area contributed by atoms with Gasteiger partial charge in [0, 0.05) is 26.1 Å². The SMILES string of the molecule is CN=C(NCC1COc2ccccc2O1)N1CCC(c2ccccc2)C1. The van der Waals surface area contributed by atoms with Gasteiger partial charge in [0.05, 0.1) is 6.54 Å². The number of nitrogens with zero attached hydrogens (tertiary/aromatic N) is 2. The van der Waals surface area contributed by atoms with Gasteiger partial charge in [-0.1, -0.05) is 42.5 Å². The molecule has 2 aliphatic heterocycles. The molecule has 2 aromatic carbocycles. The number of likely N-dealkylation sites (tertiary alicyclic amines) is 1. The lowest BCUT2D eigenvalue weighted by Crippen LogP contribution is -2.46. The Morgan fingerprint density at radius 2 is 1.88 bits per heavy atom. The van der Waals surface area contributed by atoms with Crippen LogP contribution in [-0.4, -0.2) is 50.3 Å². The van der Waals surface area contributed by atoms with E-state index in [1.165, 1.54) is 5.56 Å². The van der Waals surface area contributed by atoms with Crippen LogP contribution in [0, 0.1) is 0 Å². The number of hydrogen-bond donors (Lipinski definition) is 1. The van der Waals surface area contributed by atoms with Gasteiger partial charge in [0.15, 0.2) is 17.5 Å². The van der Waals surface area contributed by atoms with Crippen molar-refractivity contribution in [2.75, 3.05) is 33.3 Å². The summed E-state index contributed by atoms with van der Waals surface area (Å²) in [6.45, 7) is 3.24. The van der Waals surface area contributed by atoms with E-state index in [2.05, 4.69) is 45.5 Å². The van der Waals surface area contributed by atoms with Crippen LogP contribution in [0.2, 0.25) is 0 Å². The zero-order valence-electron chi connectivity index (χ0n) is 15.1. The van der Waals surface area contributed by atoms with Gasteiger partial charge in [-0.05, 0) is 24.1 Å². The van der Waals surface area contributed by atoms with Crippen LogP contribution in [0.15, 0.2) is 59.6 Å². The van der Waals surface area contributed by atoms with Gasteiger partial charge >= 0.3 is 0 Å². The Labute approximate surface area is 154 Å². The van der Waals surface area contributed by atoms with Crippen LogP contribution in [0.5, 0.6) is 11.5 Å². The average molecular weight is 351 g/mol. The first-order valence-electron chi connectivity index (χ1n) is 9.22. The van der Waals surface area contributed by atoms with Crippen molar-refractivity contribution in [1.29, 1.82) is 0 Å². The zero-order valence-corrected chi connectivity index (χ0v) is 15.1. The first-order valence-corrected chi connectivity index (χ1v) is 9.22. The van der Waals surface area contributed by atoms with E-state index in [0.29, 0.717) is 19.1 Å². The highest BCUT2D eigenvalue weighted by atomic mass is 16.6. The number of ether oxygens (including phenoxy) is 2. The van der Waals surface area contributed by atoms with Crippen molar-refractivity contribution in [2.24, 2.45) is 4.99 Å². The number of guanidine groups is 1. The summed E-state index contributed by atoms with van der Waals surface area (Å²) in [4.78, 5) is 6.79. The van der Waals surface area contributed by atoms with E-state index >= 15 is 0 Å². The molecule has 0 radical (unpaired) electrons. The maximum absolute atomic E-state index is 6.02. The molecule has 0 aromatic heterocycles. The fourth-order valence-electron chi connectivity index (χ4n) is 3.65. The number of para-hydroxylation sites is 2. The summed E-state index contributed by atoms with van der Waals surface area (Å²) < 4.78 is 11.8. The number of fused-ring (bicyclic) bond motifs is 1. The lowest BCUT2D eigenvalue weighted by Gasteiger charge is -2.28. The standard InChI is InChI=1S/C21H25N3O2/c1-22-21(24-12-11-17(14-24)16-7-3-2-4-8-16)23-13-18-15-25-19-9-5-6-10-20(19)26-18/h2-10,17-18H,11-15H2,1H3,(H,22,23). The van der Waals surface area contributed by atoms with E-state index in [1.54, 1.807) is 0 Å². The second-order valence-corrected chi connectivity index (χ2v) is 6.77. The minimum absolute atomic E-state index is 0.0193. The molecule has 0 amide bonds. The summed E-state index contributed by atoms with van der Waals surface area (Å²) in [6, 6.07) is 18.5. The number of hydrogen-bond acceptors (Lipinski definition) is 3. The number of nitrogens with one attached hydrogen (secondary N) is 1. The van der Waals surface area contributed by atoms with Crippen molar-refractivity contribution in [3.63, 3.8) is 0 Å². The first-order chi connectivity index (χ1) is 12.8. The molecule has 0 bridgehead atoms. The van der Waals surface area contributed by atoms with Crippen molar-refractivity contribution < 1.29 is 9.47 Å². The van der Waals surface area contributed by atoms with Crippen molar-refractivity contribution in [3.05, 3.63) is 60.2 Å². The fraction of sp³-hybridized carbons (Fsp3) is 0.381. The van der Waals surface area contributed by atoms with E-state index < -0.39 is 0 Å². The normalized spacial score (nSPS) is 22.3. The smallest absolute Gasteiger partial charge is 0.193 e. The minimum Gasteiger partial charge on any atom is -0.486 e. The second kappa shape index (κ2) is 7.68. The molecule has 1 saturated heterocycles. The Balaban J connectivity index is 1.32. The van der Waals surface area contributed by atoms with Gasteiger partial charge < -0.3 is 19.7 Å². The first kappa shape index (κ1) is 16.8. The molecule has 2 aliphatic rings. The van der Waals surface area contributed by atoms with Gasteiger partial charge in [-0.15, -0.1) is 0 Å². The molecular formula is C21H25N3O2. The number of aliphatic imine (C=N–C) groups is 1. The van der Waals surface area contributed by atoms with Crippen molar-refractivity contribution in [2.45, 2.75) is 18.4 Å². The Bertz CT molecular complexity index is 763. The summed E-state index contributed by atoms with van der Waals surface area (Å²) in [6.07, 6.45) is 1.13. The van der Waals surface area contributed by atoms with E-state index in [0.717, 1.165) is 37.0 Å². The topological polar surface area (TPSA) is 46.1 Å². The largest absolute Gasteiger partial charge is 0.486 e. The molecule has 5 heteroatoms. The van der Waals surface area contributed by atoms with Crippen LogP contribution in [0.25, 0.3) is 0 Å². The highest BCUT2D eigenvalue weighted by Gasteiger charge is 2.27. The molecule has 1 fully saturated rings. The molecule has 2 unspecified atom stereocenters. The highest BCUT2D eigenvalue weighted by Crippen LogP contribution is 2.31. The third-order valence-corrected chi connectivity index (χ3v) is 5.03. The van der Waals surface area contributed by atoms with Crippen molar-refractivity contribution in [3.8, 4) is 11.5 Å². The predicted molar refractivity (Wildman–Crippen MR) is 103 cm³/mol. The number of rotatable bonds is 3. The third kappa shape index (κ3) is 3.62. The summed E-state index contributed by atoms with van der Waals surface area (Å²) in [5, 5.41) is 3.45. The molecule has 5 nitrogen and oxygen atoms in total. The summed E-state index contributed by atoms with van der Waals surface area (Å²) in [7, 11) is 1.84. The monoisotopic (exact) mass is 351 g/mol. The molecule has 26 heavy (non-hydrogen) atoms. The van der Waals surface area contributed by atoms with Gasteiger partial charge in [0.2, 0.25) is 0 Å². The van der Waals surface area contributed by atoms with E-state index in [4.69, 9.17) is 9.47 Å². The van der Waals surface area contributed by atoms with E-state index in [9.17, 15) is 0 Å². The van der Waals surface area contributed by atoms with E-state index in [-0.39, 0.29) is 6.10 Å². The fourth-order valence-corrected chi connectivity index (χ4v) is 3.65. The quantitative estimate of drug-likeness (QED) is 0.682. The van der Waals surface area contributed by atoms with Crippen LogP contribution < -0.4 is 14.8 Å². The lowest BCUT2D eigenvalue weighted by molar-refractivity contribution is 0.0932. The van der Waals surface area contributed by atoms with Gasteiger partial charge in [-0.25, -0.2) is 0 Å². The molecule has 136 valence electrons. The Morgan fingerprint density at radius 3 is 2.69 bits per heavy atom. The Hall–Kier alpha value is -2.69. The molecule has 1 N–H and O–H groups in total. The average Bonchev–Trinajstić information content (AvgIpc) is 3.19. The van der Waals surface area contributed by atoms with Crippen LogP contribution in [0.3, 0.4) is 0 Å². The lowest BCUT2D eigenvalue weighted by atomic mass is 9.99. The molecule has 0 aliphatic carbocycles. The van der Waals surface area contributed by atoms with Crippen molar-refractivity contribution >= 4 is 5.96 Å². The summed E-state index contributed by atoms with van der Waals surface area (Å²) in [5.41, 5.74) is 1.41. The Kier molecular flexibility index (Phi) is 4.95. The molecule has 4 rings (SSSR count). The molecule has 0 spiro atoms. The summed E-state index contributed by atoms with van der Waals surface area (Å²) in [5.74, 6) is 3.13. The number of benzene rings is 2. The maximum Gasteiger partial charge on any atom is 0.193 e. The van der Waals surface area contributed by atoms with Crippen LogP contribution in [0.4, 0.5) is 0 Å². The van der Waals surface area contributed by atoms with E-state index in [1.807, 2.05) is 31.3 Å². The zero-order chi connectivity index (χ0) is 17.8. The van der Waals surface area contributed by atoms with Crippen LogP contribution in [0.1, 0.15) is 17.9 Å². The molecular weight excluding hydrogens is 326 g/mol. The van der Waals surface area contributed by atoms with Gasteiger partial charge in [0.25, 0.3) is 0 Å². The Morgan fingerprint density at radius 1 is 1.12 bits per heavy atom. The second-order valence-electron chi connectivity index (χ2n) is 6.77. The van der Waals surface area contributed by atoms with Crippen molar-refractivity contribution in [1.82, 2.24) is 10.2 Å². The highest BCUT2D eigenvalue weighted by molar-refractivity contribution is 5.80. The van der Waals surface area contributed by atoms with Gasteiger partial charge in [-0.2, -0.15) is 0 Å².